The van der Waals surface area contributed by atoms with Crippen LogP contribution in [0, 0.1) is 6.67 Å². The summed E-state index contributed by atoms with van der Waals surface area (Å²) >= 11 is -1.88. The van der Waals surface area contributed by atoms with Crippen molar-refractivity contribution < 1.29 is 18.3 Å². The van der Waals surface area contributed by atoms with Gasteiger partial charge in [0, 0.05) is 24.5 Å². The van der Waals surface area contributed by atoms with Crippen molar-refractivity contribution in [2.75, 3.05) is 22.9 Å². The second kappa shape index (κ2) is 18.7. The van der Waals surface area contributed by atoms with Gasteiger partial charge < -0.3 is 9.80 Å². The summed E-state index contributed by atoms with van der Waals surface area (Å²) in [6.45, 7) is 27.8. The first-order valence-electron chi connectivity index (χ1n) is 18.1. The van der Waals surface area contributed by atoms with Crippen LogP contribution in [0.25, 0.3) is 0 Å². The molecule has 1 aliphatic rings. The van der Waals surface area contributed by atoms with Crippen LogP contribution in [0.4, 0.5) is 11.4 Å². The summed E-state index contributed by atoms with van der Waals surface area (Å²) in [7, 11) is 12.1. The monoisotopic (exact) mass is 801 g/mol. The van der Waals surface area contributed by atoms with Crippen LogP contribution in [-0.2, 0) is 20.1 Å². The molecule has 4 aromatic rings. The van der Waals surface area contributed by atoms with E-state index in [0.717, 1.165) is 30.0 Å². The SMILES string of the molecule is CC(C)c1cccc(C(C)C)c1N1[CH-]N(c2c(C(C)C)cccc2C(C)C)CC1.CC(C)c1cccc([CH]=[Ru]([Cl])[Cl])c1OCc1ccccc1. The van der Waals surface area contributed by atoms with Crippen molar-refractivity contribution >= 4 is 35.4 Å². The van der Waals surface area contributed by atoms with Crippen molar-refractivity contribution in [2.45, 2.75) is 105 Å². The van der Waals surface area contributed by atoms with E-state index in [-0.39, 0.29) is 0 Å². The zero-order chi connectivity index (χ0) is 36.5. The number of nitrogens with zero attached hydrogens (tertiary/aromatic N) is 2. The third kappa shape index (κ3) is 10.2. The Bertz CT molecular complexity index is 1590. The number of anilines is 2. The van der Waals surface area contributed by atoms with Gasteiger partial charge >= 0.3 is 140 Å². The van der Waals surface area contributed by atoms with Crippen LogP contribution in [-0.4, -0.2) is 17.7 Å². The van der Waals surface area contributed by atoms with Crippen molar-refractivity contribution in [2.24, 2.45) is 0 Å². The fraction of sp³-hybridized carbons (Fsp3) is 0.409. The molecule has 1 fully saturated rings. The zero-order valence-electron chi connectivity index (χ0n) is 31.7. The molecule has 6 heteroatoms. The van der Waals surface area contributed by atoms with Crippen molar-refractivity contribution in [1.29, 1.82) is 0 Å². The van der Waals surface area contributed by atoms with Crippen LogP contribution < -0.4 is 14.5 Å². The normalized spacial score (nSPS) is 13.4. The minimum absolute atomic E-state index is 0.385. The minimum atomic E-state index is -1.88. The molecule has 1 aliphatic heterocycles. The summed E-state index contributed by atoms with van der Waals surface area (Å²) in [5.41, 5.74) is 12.0. The van der Waals surface area contributed by atoms with Crippen LogP contribution in [0.5, 0.6) is 5.75 Å². The molecule has 1 saturated heterocycles. The average Bonchev–Trinajstić information content (AvgIpc) is 3.57. The van der Waals surface area contributed by atoms with E-state index in [0.29, 0.717) is 36.2 Å². The average molecular weight is 802 g/mol. The van der Waals surface area contributed by atoms with Gasteiger partial charge in [-0.25, -0.2) is 0 Å². The number of hydrogen-bond acceptors (Lipinski definition) is 3. The Kier molecular flexibility index (Phi) is 15.0. The molecule has 272 valence electrons. The molecule has 0 bridgehead atoms. The maximum atomic E-state index is 6.09. The predicted molar refractivity (Wildman–Crippen MR) is 216 cm³/mol. The van der Waals surface area contributed by atoms with Crippen LogP contribution in [0.2, 0.25) is 0 Å². The Hall–Kier alpha value is -2.65. The molecule has 0 aromatic heterocycles. The van der Waals surface area contributed by atoms with E-state index in [1.807, 2.05) is 34.9 Å². The van der Waals surface area contributed by atoms with E-state index in [1.165, 1.54) is 39.2 Å². The predicted octanol–water partition coefficient (Wildman–Crippen LogP) is 13.1. The zero-order valence-corrected chi connectivity index (χ0v) is 34.9. The molecular formula is C44H57Cl2N2ORu-. The fourth-order valence-electron chi connectivity index (χ4n) is 6.61. The van der Waals surface area contributed by atoms with Gasteiger partial charge in [-0.3, -0.25) is 0 Å². The molecule has 0 spiro atoms. The van der Waals surface area contributed by atoms with Crippen LogP contribution >= 0.6 is 19.4 Å². The van der Waals surface area contributed by atoms with Gasteiger partial charge in [0.15, 0.2) is 0 Å². The van der Waals surface area contributed by atoms with Crippen molar-refractivity contribution in [1.82, 2.24) is 0 Å². The fourth-order valence-corrected chi connectivity index (χ4v) is 8.40. The summed E-state index contributed by atoms with van der Waals surface area (Å²) in [5.74, 6) is 3.34. The van der Waals surface area contributed by atoms with Crippen LogP contribution in [0.1, 0.15) is 138 Å². The second-order valence-corrected chi connectivity index (χ2v) is 20.4. The topological polar surface area (TPSA) is 15.7 Å². The van der Waals surface area contributed by atoms with Crippen molar-refractivity contribution in [3.8, 4) is 5.75 Å². The van der Waals surface area contributed by atoms with Gasteiger partial charge in [0.1, 0.15) is 0 Å². The molecule has 5 rings (SSSR count). The molecule has 0 radical (unpaired) electrons. The molecule has 0 unspecified atom stereocenters. The Labute approximate surface area is 316 Å². The number of benzene rings is 4. The van der Waals surface area contributed by atoms with Crippen LogP contribution in [0.15, 0.2) is 84.9 Å². The summed E-state index contributed by atoms with van der Waals surface area (Å²) in [5, 5.41) is 0. The summed E-state index contributed by atoms with van der Waals surface area (Å²) in [6, 6.07) is 30.0. The Morgan fingerprint density at radius 3 is 1.38 bits per heavy atom. The summed E-state index contributed by atoms with van der Waals surface area (Å²) < 4.78 is 8.04. The molecule has 0 aliphatic carbocycles. The molecule has 0 amide bonds. The third-order valence-corrected chi connectivity index (χ3v) is 11.1. The van der Waals surface area contributed by atoms with Gasteiger partial charge in [-0.05, 0) is 45.9 Å². The van der Waals surface area contributed by atoms with E-state index in [9.17, 15) is 0 Å². The molecule has 3 nitrogen and oxygen atoms in total. The Balaban J connectivity index is 0.000000237. The molecular weight excluding hydrogens is 744 g/mol. The molecule has 0 atom stereocenters. The number of halogens is 2. The first-order valence-corrected chi connectivity index (χ1v) is 23.5. The van der Waals surface area contributed by atoms with Gasteiger partial charge in [-0.15, -0.1) is 0 Å². The standard InChI is InChI=1S/C27H39N2.C17H18O.2ClH.Ru/c1-18(2)22-11-9-12-23(19(3)4)26(22)28-15-16-29(17-28)27-24(20(5)6)13-10-14-25(27)21(7)8;1-13(2)16-11-7-8-14(3)17(16)18-12-15-9-5-4-6-10-15;;;/h9-14,17-21H,15-16H2,1-8H3;3-11,13H,12H2,1-2H3;2*1H;/q-1;;;;+2/p-2. The van der Waals surface area contributed by atoms with Gasteiger partial charge in [0.25, 0.3) is 0 Å². The molecule has 1 heterocycles. The number of rotatable bonds is 11. The third-order valence-electron chi connectivity index (χ3n) is 9.23. The van der Waals surface area contributed by atoms with E-state index in [2.05, 4.69) is 140 Å². The Morgan fingerprint density at radius 2 is 0.980 bits per heavy atom. The van der Waals surface area contributed by atoms with E-state index in [4.69, 9.17) is 24.1 Å². The summed E-state index contributed by atoms with van der Waals surface area (Å²) in [4.78, 5) is 5.01. The van der Waals surface area contributed by atoms with Gasteiger partial charge in [-0.1, -0.05) is 91.8 Å². The number of ether oxygens (including phenoxy) is 1. The number of hydrogen-bond donors (Lipinski definition) is 0. The first kappa shape index (κ1) is 40.1. The van der Waals surface area contributed by atoms with E-state index < -0.39 is 13.5 Å². The molecule has 4 aromatic carbocycles. The molecule has 50 heavy (non-hydrogen) atoms. The molecule has 0 N–H and O–H groups in total. The second-order valence-electron chi connectivity index (χ2n) is 14.7. The van der Waals surface area contributed by atoms with Crippen LogP contribution in [0.3, 0.4) is 0 Å². The maximum absolute atomic E-state index is 6.09. The quantitative estimate of drug-likeness (QED) is 0.111. The molecule has 0 saturated carbocycles. The summed E-state index contributed by atoms with van der Waals surface area (Å²) in [6.07, 6.45) is 0. The number of para-hydroxylation sites is 3. The van der Waals surface area contributed by atoms with Gasteiger partial charge in [0.05, 0.1) is 0 Å². The van der Waals surface area contributed by atoms with E-state index in [1.54, 1.807) is 0 Å². The Morgan fingerprint density at radius 1 is 0.580 bits per heavy atom. The van der Waals surface area contributed by atoms with E-state index >= 15 is 0 Å². The van der Waals surface area contributed by atoms with Crippen molar-refractivity contribution in [3.63, 3.8) is 0 Å². The van der Waals surface area contributed by atoms with Crippen molar-refractivity contribution in [3.05, 3.63) is 131 Å². The van der Waals surface area contributed by atoms with Gasteiger partial charge in [0.2, 0.25) is 0 Å². The first-order chi connectivity index (χ1) is 23.8. The van der Waals surface area contributed by atoms with Gasteiger partial charge in [-0.2, -0.15) is 6.67 Å².